The largest absolute Gasteiger partial charge is 0.254 e. The fourth-order valence-corrected chi connectivity index (χ4v) is 2.84. The normalized spacial score (nSPS) is 11.1. The topological polar surface area (TPSA) is 103 Å². The molecular weight excluding hydrogens is 328 g/mol. The Balaban J connectivity index is 1.90. The summed E-state index contributed by atoms with van der Waals surface area (Å²) in [5, 5.41) is 18.0. The van der Waals surface area contributed by atoms with Gasteiger partial charge in [0.2, 0.25) is 5.82 Å². The predicted molar refractivity (Wildman–Crippen MR) is 94.7 cm³/mol. The molecule has 0 aliphatic heterocycles. The Morgan fingerprint density at radius 3 is 2.15 bits per heavy atom. The molecule has 1 aromatic carbocycles. The van der Waals surface area contributed by atoms with Gasteiger partial charge in [-0.1, -0.05) is 18.2 Å². The maximum absolute atomic E-state index is 4.81. The number of hydrogen-bond acceptors (Lipinski definition) is 8. The number of benzene rings is 1. The summed E-state index contributed by atoms with van der Waals surface area (Å²) in [4.78, 5) is 17.9. The zero-order valence-corrected chi connectivity index (χ0v) is 13.4. The van der Waals surface area contributed by atoms with Gasteiger partial charge in [-0.05, 0) is 12.1 Å². The third-order valence-electron chi connectivity index (χ3n) is 3.98. The third-order valence-corrected chi connectivity index (χ3v) is 3.98. The van der Waals surface area contributed by atoms with Crippen LogP contribution in [0.5, 0.6) is 0 Å². The first-order valence-electron chi connectivity index (χ1n) is 7.87. The van der Waals surface area contributed by atoms with Crippen LogP contribution in [0.3, 0.4) is 0 Å². The minimum atomic E-state index is 0.393. The molecule has 0 saturated heterocycles. The Morgan fingerprint density at radius 2 is 1.38 bits per heavy atom. The Bertz CT molecular complexity index is 1230. The number of rotatable bonds is 2. The highest BCUT2D eigenvalue weighted by molar-refractivity contribution is 6.04. The zero-order valence-electron chi connectivity index (χ0n) is 13.4. The van der Waals surface area contributed by atoms with Crippen LogP contribution in [0.15, 0.2) is 61.3 Å². The summed E-state index contributed by atoms with van der Waals surface area (Å²) in [5.41, 5.74) is 2.80. The van der Waals surface area contributed by atoms with Crippen molar-refractivity contribution >= 4 is 21.8 Å². The van der Waals surface area contributed by atoms with Gasteiger partial charge in [0.25, 0.3) is 0 Å². The number of fused-ring (bicyclic) bond motifs is 3. The molecule has 0 atom stereocenters. The van der Waals surface area contributed by atoms with E-state index in [0.717, 1.165) is 21.8 Å². The van der Waals surface area contributed by atoms with E-state index in [1.54, 1.807) is 18.6 Å². The van der Waals surface area contributed by atoms with Gasteiger partial charge in [0.05, 0.1) is 29.0 Å². The smallest absolute Gasteiger partial charge is 0.201 e. The summed E-state index contributed by atoms with van der Waals surface area (Å²) < 4.78 is 0. The summed E-state index contributed by atoms with van der Waals surface area (Å²) >= 11 is 0. The van der Waals surface area contributed by atoms with Crippen molar-refractivity contribution in [1.29, 1.82) is 0 Å². The van der Waals surface area contributed by atoms with Gasteiger partial charge in [-0.25, -0.2) is 15.0 Å². The number of aromatic nitrogens is 8. The fourth-order valence-electron chi connectivity index (χ4n) is 2.84. The number of nitrogens with zero attached hydrogens (tertiary/aromatic N) is 8. The van der Waals surface area contributed by atoms with Crippen molar-refractivity contribution < 1.29 is 0 Å². The Kier molecular flexibility index (Phi) is 3.24. The van der Waals surface area contributed by atoms with Gasteiger partial charge < -0.3 is 0 Å². The lowest BCUT2D eigenvalue weighted by Crippen LogP contribution is -2.00. The van der Waals surface area contributed by atoms with Crippen LogP contribution in [0.4, 0.5) is 0 Å². The lowest BCUT2D eigenvalue weighted by atomic mass is 10.1. The van der Waals surface area contributed by atoms with Crippen molar-refractivity contribution in [2.75, 3.05) is 0 Å². The molecule has 0 radical (unpaired) electrons. The SMILES string of the molecule is c1cnc2c(c1)ccc1cc(-c3nccnn3)c(-c3nccnn3)nc12. The molecule has 0 spiro atoms. The van der Waals surface area contributed by atoms with Gasteiger partial charge in [-0.3, -0.25) is 4.98 Å². The van der Waals surface area contributed by atoms with Crippen molar-refractivity contribution in [3.63, 3.8) is 0 Å². The molecule has 8 heteroatoms. The first-order chi connectivity index (χ1) is 12.9. The molecule has 5 rings (SSSR count). The molecule has 8 nitrogen and oxygen atoms in total. The minimum Gasteiger partial charge on any atom is -0.254 e. The summed E-state index contributed by atoms with van der Waals surface area (Å²) in [6.07, 6.45) is 7.95. The summed E-state index contributed by atoms with van der Waals surface area (Å²) in [7, 11) is 0. The van der Waals surface area contributed by atoms with E-state index < -0.39 is 0 Å². The van der Waals surface area contributed by atoms with Crippen molar-refractivity contribution in [3.8, 4) is 22.9 Å². The Hall–Kier alpha value is -3.94. The average molecular weight is 338 g/mol. The van der Waals surface area contributed by atoms with Crippen molar-refractivity contribution in [1.82, 2.24) is 40.3 Å². The molecule has 26 heavy (non-hydrogen) atoms. The lowest BCUT2D eigenvalue weighted by Gasteiger charge is -2.09. The van der Waals surface area contributed by atoms with E-state index in [-0.39, 0.29) is 0 Å². The quantitative estimate of drug-likeness (QED) is 0.452. The highest BCUT2D eigenvalue weighted by Crippen LogP contribution is 2.31. The molecule has 0 unspecified atom stereocenters. The van der Waals surface area contributed by atoms with Gasteiger partial charge in [-0.2, -0.15) is 10.2 Å². The van der Waals surface area contributed by atoms with Gasteiger partial charge in [-0.15, -0.1) is 10.2 Å². The van der Waals surface area contributed by atoms with Crippen LogP contribution in [0.1, 0.15) is 0 Å². The van der Waals surface area contributed by atoms with E-state index in [1.165, 1.54) is 12.4 Å². The fraction of sp³-hybridized carbons (Fsp3) is 0. The maximum atomic E-state index is 4.81. The van der Waals surface area contributed by atoms with Crippen LogP contribution in [0.25, 0.3) is 44.7 Å². The second-order valence-corrected chi connectivity index (χ2v) is 5.53. The van der Waals surface area contributed by atoms with Crippen LogP contribution >= 0.6 is 0 Å². The molecule has 0 N–H and O–H groups in total. The molecule has 0 bridgehead atoms. The molecule has 4 heterocycles. The standard InChI is InChI=1S/C18H10N8/c1-2-11-3-4-12-10-13(17-20-6-8-22-25-17)16(18-21-7-9-23-26-18)24-15(12)14(11)19-5-1/h1-10H. The lowest BCUT2D eigenvalue weighted by molar-refractivity contribution is 0.961. The maximum Gasteiger partial charge on any atom is 0.201 e. The zero-order chi connectivity index (χ0) is 17.3. The van der Waals surface area contributed by atoms with Crippen molar-refractivity contribution in [2.24, 2.45) is 0 Å². The van der Waals surface area contributed by atoms with Gasteiger partial charge in [0, 0.05) is 29.4 Å². The molecule has 0 amide bonds. The van der Waals surface area contributed by atoms with Crippen LogP contribution < -0.4 is 0 Å². The van der Waals surface area contributed by atoms with E-state index in [9.17, 15) is 0 Å². The first kappa shape index (κ1) is 14.4. The highest BCUT2D eigenvalue weighted by atomic mass is 15.2. The average Bonchev–Trinajstić information content (AvgIpc) is 2.74. The molecule has 122 valence electrons. The van der Waals surface area contributed by atoms with Crippen LogP contribution in [0.2, 0.25) is 0 Å². The highest BCUT2D eigenvalue weighted by Gasteiger charge is 2.17. The molecule has 4 aromatic heterocycles. The Labute approximate surface area is 147 Å². The van der Waals surface area contributed by atoms with Crippen LogP contribution in [0, 0.1) is 0 Å². The minimum absolute atomic E-state index is 0.393. The second-order valence-electron chi connectivity index (χ2n) is 5.53. The van der Waals surface area contributed by atoms with Crippen LogP contribution in [-0.2, 0) is 0 Å². The summed E-state index contributed by atoms with van der Waals surface area (Å²) in [5.74, 6) is 0.843. The van der Waals surface area contributed by atoms with Crippen molar-refractivity contribution in [3.05, 3.63) is 61.3 Å². The molecular formula is C18H10N8. The second kappa shape index (κ2) is 5.85. The van der Waals surface area contributed by atoms with Gasteiger partial charge >= 0.3 is 0 Å². The van der Waals surface area contributed by atoms with Crippen molar-refractivity contribution in [2.45, 2.75) is 0 Å². The van der Waals surface area contributed by atoms with E-state index >= 15 is 0 Å². The molecule has 0 aliphatic rings. The van der Waals surface area contributed by atoms with Gasteiger partial charge in [0.1, 0.15) is 5.69 Å². The van der Waals surface area contributed by atoms with Crippen LogP contribution in [-0.4, -0.2) is 40.3 Å². The molecule has 0 fully saturated rings. The van der Waals surface area contributed by atoms with E-state index in [1.807, 2.05) is 30.3 Å². The number of pyridine rings is 2. The summed E-state index contributed by atoms with van der Waals surface area (Å²) in [6.45, 7) is 0. The molecule has 0 aliphatic carbocycles. The first-order valence-corrected chi connectivity index (χ1v) is 7.87. The molecule has 0 saturated carbocycles. The Morgan fingerprint density at radius 1 is 0.615 bits per heavy atom. The van der Waals surface area contributed by atoms with E-state index in [4.69, 9.17) is 4.98 Å². The predicted octanol–water partition coefficient (Wildman–Crippen LogP) is 2.49. The summed E-state index contributed by atoms with van der Waals surface area (Å²) in [6, 6.07) is 9.87. The third kappa shape index (κ3) is 2.32. The number of hydrogen-bond donors (Lipinski definition) is 0. The van der Waals surface area contributed by atoms with E-state index in [0.29, 0.717) is 22.9 Å². The molecule has 5 aromatic rings. The van der Waals surface area contributed by atoms with E-state index in [2.05, 4.69) is 35.3 Å². The monoisotopic (exact) mass is 338 g/mol. The van der Waals surface area contributed by atoms with Gasteiger partial charge in [0.15, 0.2) is 5.82 Å².